The first-order chi connectivity index (χ1) is 17.3. The summed E-state index contributed by atoms with van der Waals surface area (Å²) in [5, 5.41) is 29.5. The summed E-state index contributed by atoms with van der Waals surface area (Å²) in [5.74, 6) is 1.51. The summed E-state index contributed by atoms with van der Waals surface area (Å²) < 4.78 is 10.9. The van der Waals surface area contributed by atoms with Crippen LogP contribution >= 0.6 is 0 Å². The maximum atomic E-state index is 11.0. The molecule has 0 aromatic heterocycles. The highest BCUT2D eigenvalue weighted by Crippen LogP contribution is 2.34. The molecule has 2 unspecified atom stereocenters. The average Bonchev–Trinajstić information content (AvgIpc) is 3.43. The van der Waals surface area contributed by atoms with Gasteiger partial charge in [0.15, 0.2) is 0 Å². The van der Waals surface area contributed by atoms with E-state index in [9.17, 15) is 10.2 Å². The molecular weight excluding hydrogens is 454 g/mol. The van der Waals surface area contributed by atoms with Gasteiger partial charge in [0.25, 0.3) is 0 Å². The fourth-order valence-electron chi connectivity index (χ4n) is 5.82. The molecule has 7 heteroatoms. The number of aliphatic hydroxyl groups excluding tert-OH is 2. The maximum Gasteiger partial charge on any atom is 0.213 e. The van der Waals surface area contributed by atoms with Crippen LogP contribution in [0.3, 0.4) is 0 Å². The first-order valence-corrected chi connectivity index (χ1v) is 12.9. The quantitative estimate of drug-likeness (QED) is 0.521. The van der Waals surface area contributed by atoms with Crippen molar-refractivity contribution in [3.63, 3.8) is 0 Å². The molecule has 36 heavy (non-hydrogen) atoms. The van der Waals surface area contributed by atoms with Crippen molar-refractivity contribution in [1.82, 2.24) is 9.80 Å². The summed E-state index contributed by atoms with van der Waals surface area (Å²) in [7, 11) is 2.07. The molecule has 2 aromatic carbocycles. The minimum Gasteiger partial charge on any atom is -0.489 e. The maximum absolute atomic E-state index is 11.0. The number of benzene rings is 2. The van der Waals surface area contributed by atoms with Crippen LogP contribution in [0.15, 0.2) is 36.9 Å². The van der Waals surface area contributed by atoms with E-state index in [0.29, 0.717) is 32.2 Å². The Morgan fingerprint density at radius 1 is 1.08 bits per heavy atom. The van der Waals surface area contributed by atoms with Gasteiger partial charge in [-0.2, -0.15) is 0 Å². The molecule has 3 aliphatic rings. The second kappa shape index (κ2) is 10.3. The lowest BCUT2D eigenvalue weighted by Gasteiger charge is -2.35. The lowest BCUT2D eigenvalue weighted by atomic mass is 9.93. The molecular formula is C29H37N3O4. The number of β-amino-alcohol motifs (C(OH)–C–C–N with tert-alkyl or cyclic N) is 1. The van der Waals surface area contributed by atoms with Gasteiger partial charge in [0.2, 0.25) is 5.90 Å². The Hall–Kier alpha value is -2.71. The monoisotopic (exact) mass is 491 g/mol. The Balaban J connectivity index is 1.09. The van der Waals surface area contributed by atoms with Crippen LogP contribution in [0.5, 0.6) is 0 Å². The third-order valence-corrected chi connectivity index (χ3v) is 8.01. The van der Waals surface area contributed by atoms with E-state index in [1.54, 1.807) is 0 Å². The number of nitrogens with zero attached hydrogens (tertiary/aromatic N) is 2. The Labute approximate surface area is 213 Å². The summed E-state index contributed by atoms with van der Waals surface area (Å²) in [5.41, 5.74) is 6.98. The number of ether oxygens (including phenoxy) is 2. The van der Waals surface area contributed by atoms with Crippen molar-refractivity contribution in [1.29, 1.82) is 5.41 Å². The molecule has 0 spiro atoms. The van der Waals surface area contributed by atoms with E-state index in [-0.39, 0.29) is 5.90 Å². The normalized spacial score (nSPS) is 19.7. The predicted molar refractivity (Wildman–Crippen MR) is 140 cm³/mol. The van der Waals surface area contributed by atoms with E-state index in [2.05, 4.69) is 30.4 Å². The highest BCUT2D eigenvalue weighted by atomic mass is 16.5. The lowest BCUT2D eigenvalue weighted by molar-refractivity contribution is 0.0740. The molecule has 2 aromatic rings. The molecule has 1 fully saturated rings. The lowest BCUT2D eigenvalue weighted by Crippen LogP contribution is -2.40. The minimum absolute atomic E-state index is 0.213. The minimum atomic E-state index is -0.566. The van der Waals surface area contributed by atoms with Gasteiger partial charge in [-0.05, 0) is 74.6 Å². The second-order valence-electron chi connectivity index (χ2n) is 10.5. The van der Waals surface area contributed by atoms with Crippen molar-refractivity contribution < 1.29 is 19.7 Å². The third kappa shape index (κ3) is 5.06. The van der Waals surface area contributed by atoms with Gasteiger partial charge in [0.05, 0.1) is 12.2 Å². The second-order valence-corrected chi connectivity index (χ2v) is 10.5. The Morgan fingerprint density at radius 3 is 2.61 bits per heavy atom. The predicted octanol–water partition coefficient (Wildman–Crippen LogP) is 3.76. The average molecular weight is 492 g/mol. The van der Waals surface area contributed by atoms with Crippen molar-refractivity contribution >= 4 is 11.7 Å². The molecule has 0 amide bonds. The van der Waals surface area contributed by atoms with E-state index >= 15 is 0 Å². The Bertz CT molecular complexity index is 1160. The van der Waals surface area contributed by atoms with Crippen molar-refractivity contribution in [3.8, 4) is 0 Å². The van der Waals surface area contributed by atoms with E-state index in [1.807, 2.05) is 30.3 Å². The molecule has 3 aliphatic heterocycles. The number of fused-ring (bicyclic) bond motifs is 2. The first kappa shape index (κ1) is 25.0. The molecule has 7 nitrogen and oxygen atoms in total. The zero-order valence-corrected chi connectivity index (χ0v) is 21.3. The van der Waals surface area contributed by atoms with Gasteiger partial charge in [0.1, 0.15) is 19.0 Å². The van der Waals surface area contributed by atoms with Gasteiger partial charge in [-0.25, -0.2) is 0 Å². The molecule has 2 atom stereocenters. The zero-order valence-electron chi connectivity index (χ0n) is 21.3. The number of rotatable bonds is 8. The molecule has 192 valence electrons. The topological polar surface area (TPSA) is 89.2 Å². The van der Waals surface area contributed by atoms with Crippen LogP contribution in [-0.2, 0) is 22.7 Å². The summed E-state index contributed by atoms with van der Waals surface area (Å²) in [4.78, 5) is 4.58. The summed E-state index contributed by atoms with van der Waals surface area (Å²) >= 11 is 0. The summed E-state index contributed by atoms with van der Waals surface area (Å²) in [6, 6.07) is 9.78. The molecule has 3 N–H and O–H groups in total. The van der Waals surface area contributed by atoms with Gasteiger partial charge in [0, 0.05) is 41.9 Å². The summed E-state index contributed by atoms with van der Waals surface area (Å²) in [6.45, 7) is 11.1. The van der Waals surface area contributed by atoms with Gasteiger partial charge in [-0.1, -0.05) is 24.8 Å². The number of nitrogens with one attached hydrogen (secondary N) is 1. The number of piperidine rings is 1. The van der Waals surface area contributed by atoms with Gasteiger partial charge in [-0.3, -0.25) is 5.41 Å². The number of aliphatic hydroxyl groups is 2. The fraction of sp³-hybridized carbons (Fsp3) is 0.483. The zero-order chi connectivity index (χ0) is 25.4. The number of likely N-dealkylation sites (N-methyl/N-ethyl adjacent to an activating group) is 1. The molecule has 5 rings (SSSR count). The molecule has 1 saturated heterocycles. The van der Waals surface area contributed by atoms with Gasteiger partial charge in [-0.15, -0.1) is 0 Å². The highest BCUT2D eigenvalue weighted by Gasteiger charge is 2.26. The number of hydrogen-bond acceptors (Lipinski definition) is 7. The van der Waals surface area contributed by atoms with Crippen LogP contribution in [0.25, 0.3) is 5.76 Å². The SMILES string of the molecule is C=C1OCc2c1ccc(C(O)CN1CCC(CN(C)CC(O)c3ccc4c(c3)COC4=N)CC1)c2C. The molecule has 0 saturated carbocycles. The van der Waals surface area contributed by atoms with Crippen LogP contribution in [0.4, 0.5) is 0 Å². The van der Waals surface area contributed by atoms with Crippen molar-refractivity contribution in [3.05, 3.63) is 75.9 Å². The Morgan fingerprint density at radius 2 is 1.83 bits per heavy atom. The molecule has 0 bridgehead atoms. The van der Waals surface area contributed by atoms with Crippen molar-refractivity contribution in [2.24, 2.45) is 5.92 Å². The van der Waals surface area contributed by atoms with Crippen LogP contribution in [0, 0.1) is 18.3 Å². The molecule has 0 radical (unpaired) electrons. The van der Waals surface area contributed by atoms with Crippen LogP contribution in [0.1, 0.15) is 64.0 Å². The van der Waals surface area contributed by atoms with E-state index in [1.165, 1.54) is 0 Å². The van der Waals surface area contributed by atoms with Crippen molar-refractivity contribution in [2.45, 2.75) is 45.2 Å². The highest BCUT2D eigenvalue weighted by molar-refractivity contribution is 5.95. The van der Waals surface area contributed by atoms with Crippen LogP contribution < -0.4 is 0 Å². The van der Waals surface area contributed by atoms with E-state index in [0.717, 1.165) is 77.2 Å². The van der Waals surface area contributed by atoms with E-state index in [4.69, 9.17) is 14.9 Å². The summed E-state index contributed by atoms with van der Waals surface area (Å²) in [6.07, 6.45) is 1.09. The van der Waals surface area contributed by atoms with Gasteiger partial charge < -0.3 is 29.5 Å². The standard InChI is InChI=1S/C29H37N3O4/c1-18-23(6-7-24-19(2)35-17-26(18)24)28(34)15-32-10-8-20(9-11-32)13-31(3)14-27(33)21-4-5-25-22(12-21)16-36-29(25)30/h4-7,12,20,27-28,30,33-34H,2,8-11,13-17H2,1,3H3. The van der Waals surface area contributed by atoms with E-state index < -0.39 is 12.2 Å². The third-order valence-electron chi connectivity index (χ3n) is 8.01. The van der Waals surface area contributed by atoms with Gasteiger partial charge >= 0.3 is 0 Å². The largest absolute Gasteiger partial charge is 0.489 e. The Kier molecular flexibility index (Phi) is 7.17. The van der Waals surface area contributed by atoms with Crippen LogP contribution in [0.2, 0.25) is 0 Å². The first-order valence-electron chi connectivity index (χ1n) is 12.9. The fourth-order valence-corrected chi connectivity index (χ4v) is 5.82. The number of likely N-dealkylation sites (tertiary alicyclic amines) is 1. The molecule has 3 heterocycles. The number of hydrogen-bond donors (Lipinski definition) is 3. The van der Waals surface area contributed by atoms with Crippen molar-refractivity contribution in [2.75, 3.05) is 39.8 Å². The molecule has 0 aliphatic carbocycles. The smallest absolute Gasteiger partial charge is 0.213 e. The van der Waals surface area contributed by atoms with Crippen LogP contribution in [-0.4, -0.2) is 65.7 Å².